The molecule has 2 atom stereocenters. The van der Waals surface area contributed by atoms with Gasteiger partial charge in [-0.2, -0.15) is 0 Å². The van der Waals surface area contributed by atoms with Crippen molar-refractivity contribution in [2.45, 2.75) is 19.1 Å². The molecule has 2 unspecified atom stereocenters. The number of carboxylic acids is 1. The number of Topliss-reactive ketones (excluding diaryl/α,β-unsaturated/α-hetero) is 1. The summed E-state index contributed by atoms with van der Waals surface area (Å²) in [7, 11) is 0. The molecule has 0 aliphatic rings. The van der Waals surface area contributed by atoms with Crippen molar-refractivity contribution in [1.29, 1.82) is 0 Å². The van der Waals surface area contributed by atoms with Crippen LogP contribution in [0.25, 0.3) is 0 Å². The number of hydrogen-bond donors (Lipinski definition) is 4. The summed E-state index contributed by atoms with van der Waals surface area (Å²) in [5.41, 5.74) is 6.41. The van der Waals surface area contributed by atoms with Crippen molar-refractivity contribution in [2.75, 3.05) is 12.3 Å². The van der Waals surface area contributed by atoms with Crippen LogP contribution in [0, 0.1) is 0 Å². The van der Waals surface area contributed by atoms with Gasteiger partial charge in [0.15, 0.2) is 5.78 Å². The first-order valence-corrected chi connectivity index (χ1v) is 5.45. The second-order valence-corrected chi connectivity index (χ2v) is 3.99. The fraction of sp³-hybridized carbons (Fsp3) is 0.333. The Balaban J connectivity index is 2.63. The maximum Gasteiger partial charge on any atom is 0.323 e. The van der Waals surface area contributed by atoms with E-state index in [-0.39, 0.29) is 12.3 Å². The number of nitrogens with two attached hydrogens (primary N) is 1. The minimum Gasteiger partial charge on any atom is -0.480 e. The first-order chi connectivity index (χ1) is 8.41. The highest BCUT2D eigenvalue weighted by atomic mass is 16.4. The Morgan fingerprint density at radius 1 is 1.44 bits per heavy atom. The van der Waals surface area contributed by atoms with Crippen LogP contribution in [0.2, 0.25) is 0 Å². The summed E-state index contributed by atoms with van der Waals surface area (Å²) in [5, 5.41) is 20.5. The summed E-state index contributed by atoms with van der Waals surface area (Å²) in [6, 6.07) is 5.24. The number of aliphatic hydroxyl groups excluding tert-OH is 1. The molecule has 0 spiro atoms. The molecule has 1 rings (SSSR count). The summed E-state index contributed by atoms with van der Waals surface area (Å²) in [4.78, 5) is 22.5. The molecular weight excluding hydrogens is 236 g/mol. The Bertz CT molecular complexity index is 445. The molecule has 0 saturated heterocycles. The van der Waals surface area contributed by atoms with Crippen molar-refractivity contribution >= 4 is 17.4 Å². The highest BCUT2D eigenvalue weighted by Gasteiger charge is 2.23. The van der Waals surface area contributed by atoms with Crippen LogP contribution in [0.5, 0.6) is 0 Å². The number of anilines is 1. The van der Waals surface area contributed by atoms with Crippen molar-refractivity contribution in [3.63, 3.8) is 0 Å². The molecule has 1 aromatic carbocycles. The average molecular weight is 252 g/mol. The number of rotatable bonds is 6. The van der Waals surface area contributed by atoms with E-state index in [1.54, 1.807) is 18.2 Å². The Kier molecular flexibility index (Phi) is 4.82. The molecule has 98 valence electrons. The molecule has 0 heterocycles. The molecule has 0 aliphatic heterocycles. The number of nitrogen functional groups attached to an aromatic ring is 1. The molecule has 5 N–H and O–H groups in total. The smallest absolute Gasteiger partial charge is 0.323 e. The van der Waals surface area contributed by atoms with E-state index in [0.717, 1.165) is 0 Å². The molecule has 0 bridgehead atoms. The van der Waals surface area contributed by atoms with Gasteiger partial charge in [0.05, 0.1) is 12.6 Å². The maximum atomic E-state index is 11.8. The van der Waals surface area contributed by atoms with Crippen molar-refractivity contribution in [3.8, 4) is 0 Å². The van der Waals surface area contributed by atoms with Crippen LogP contribution in [-0.2, 0) is 4.79 Å². The van der Waals surface area contributed by atoms with Gasteiger partial charge in [0.1, 0.15) is 6.04 Å². The maximum absolute atomic E-state index is 11.8. The van der Waals surface area contributed by atoms with E-state index in [1.165, 1.54) is 13.0 Å². The lowest BCUT2D eigenvalue weighted by Crippen LogP contribution is -2.46. The van der Waals surface area contributed by atoms with Crippen LogP contribution in [0.1, 0.15) is 17.3 Å². The number of nitrogens with one attached hydrogen (secondary N) is 1. The van der Waals surface area contributed by atoms with Crippen LogP contribution < -0.4 is 11.1 Å². The van der Waals surface area contributed by atoms with Crippen LogP contribution >= 0.6 is 0 Å². The zero-order valence-electron chi connectivity index (χ0n) is 9.96. The van der Waals surface area contributed by atoms with E-state index >= 15 is 0 Å². The largest absolute Gasteiger partial charge is 0.480 e. The average Bonchev–Trinajstić information content (AvgIpc) is 2.28. The molecule has 0 aliphatic carbocycles. The van der Waals surface area contributed by atoms with E-state index in [9.17, 15) is 14.7 Å². The third-order valence-electron chi connectivity index (χ3n) is 2.44. The number of hydrogen-bond acceptors (Lipinski definition) is 5. The van der Waals surface area contributed by atoms with Crippen LogP contribution in [0.3, 0.4) is 0 Å². The minimum absolute atomic E-state index is 0.175. The van der Waals surface area contributed by atoms with Gasteiger partial charge in [-0.05, 0) is 19.1 Å². The monoisotopic (exact) mass is 252 g/mol. The van der Waals surface area contributed by atoms with Gasteiger partial charge >= 0.3 is 5.97 Å². The van der Waals surface area contributed by atoms with E-state index in [1.807, 2.05) is 0 Å². The van der Waals surface area contributed by atoms with E-state index < -0.39 is 18.1 Å². The number of carbonyl (C=O) groups excluding carboxylic acids is 1. The quantitative estimate of drug-likeness (QED) is 0.414. The van der Waals surface area contributed by atoms with Gasteiger partial charge in [0.2, 0.25) is 0 Å². The lowest BCUT2D eigenvalue weighted by molar-refractivity contribution is -0.142. The van der Waals surface area contributed by atoms with Gasteiger partial charge in [0, 0.05) is 11.3 Å². The fourth-order valence-corrected chi connectivity index (χ4v) is 1.48. The number of aliphatic hydroxyl groups is 1. The van der Waals surface area contributed by atoms with Gasteiger partial charge in [0.25, 0.3) is 0 Å². The van der Waals surface area contributed by atoms with Crippen LogP contribution in [0.4, 0.5) is 5.69 Å². The summed E-state index contributed by atoms with van der Waals surface area (Å²) >= 11 is 0. The summed E-state index contributed by atoms with van der Waals surface area (Å²) < 4.78 is 0. The SMILES string of the molecule is CC(O)C(NCC(=O)c1cccc(N)c1)C(=O)O. The minimum atomic E-state index is -1.20. The lowest BCUT2D eigenvalue weighted by Gasteiger charge is -2.16. The van der Waals surface area contributed by atoms with E-state index in [4.69, 9.17) is 10.8 Å². The van der Waals surface area contributed by atoms with Crippen LogP contribution in [-0.4, -0.2) is 40.7 Å². The highest BCUT2D eigenvalue weighted by molar-refractivity contribution is 5.98. The van der Waals surface area contributed by atoms with Gasteiger partial charge < -0.3 is 15.9 Å². The van der Waals surface area contributed by atoms with Gasteiger partial charge in [-0.3, -0.25) is 14.9 Å². The predicted molar refractivity (Wildman–Crippen MR) is 66.3 cm³/mol. The zero-order valence-corrected chi connectivity index (χ0v) is 9.96. The predicted octanol–water partition coefficient (Wildman–Crippen LogP) is -0.125. The number of aliphatic carboxylic acids is 1. The number of ketones is 1. The van der Waals surface area contributed by atoms with Gasteiger partial charge in [-0.1, -0.05) is 12.1 Å². The molecule has 0 fully saturated rings. The molecule has 6 heteroatoms. The Labute approximate surface area is 104 Å². The number of carboxylic acid groups (broad SMARTS) is 1. The first kappa shape index (κ1) is 14.1. The van der Waals surface area contributed by atoms with Gasteiger partial charge in [-0.15, -0.1) is 0 Å². The van der Waals surface area contributed by atoms with Crippen molar-refractivity contribution in [2.24, 2.45) is 0 Å². The number of benzene rings is 1. The molecule has 0 saturated carbocycles. The Morgan fingerprint density at radius 2 is 2.11 bits per heavy atom. The molecule has 1 aromatic rings. The molecule has 18 heavy (non-hydrogen) atoms. The Morgan fingerprint density at radius 3 is 2.61 bits per heavy atom. The third kappa shape index (κ3) is 3.83. The first-order valence-electron chi connectivity index (χ1n) is 5.45. The summed E-state index contributed by atoms with van der Waals surface area (Å²) in [5.74, 6) is -1.49. The summed E-state index contributed by atoms with van der Waals surface area (Å²) in [6.07, 6.45) is -1.09. The standard InChI is InChI=1S/C12H16N2O4/c1-7(15)11(12(17)18)14-6-10(16)8-3-2-4-9(13)5-8/h2-5,7,11,14-15H,6,13H2,1H3,(H,17,18). The second kappa shape index (κ2) is 6.13. The molecular formula is C12H16N2O4. The molecule has 0 aromatic heterocycles. The van der Waals surface area contributed by atoms with E-state index in [2.05, 4.69) is 5.32 Å². The van der Waals surface area contributed by atoms with Crippen LogP contribution in [0.15, 0.2) is 24.3 Å². The molecule has 0 radical (unpaired) electrons. The lowest BCUT2D eigenvalue weighted by atomic mass is 10.1. The third-order valence-corrected chi connectivity index (χ3v) is 2.44. The highest BCUT2D eigenvalue weighted by Crippen LogP contribution is 2.07. The molecule has 0 amide bonds. The van der Waals surface area contributed by atoms with Gasteiger partial charge in [-0.25, -0.2) is 0 Å². The topological polar surface area (TPSA) is 113 Å². The second-order valence-electron chi connectivity index (χ2n) is 3.99. The Hall–Kier alpha value is -1.92. The number of carbonyl (C=O) groups is 2. The summed E-state index contributed by atoms with van der Waals surface area (Å²) in [6.45, 7) is 1.17. The fourth-order valence-electron chi connectivity index (χ4n) is 1.48. The van der Waals surface area contributed by atoms with E-state index in [0.29, 0.717) is 11.3 Å². The van der Waals surface area contributed by atoms with Crippen molar-refractivity contribution < 1.29 is 19.8 Å². The zero-order chi connectivity index (χ0) is 13.7. The van der Waals surface area contributed by atoms with Crippen molar-refractivity contribution in [3.05, 3.63) is 29.8 Å². The normalized spacial score (nSPS) is 13.9. The van der Waals surface area contributed by atoms with Crippen molar-refractivity contribution in [1.82, 2.24) is 5.32 Å². The molecule has 6 nitrogen and oxygen atoms in total.